The van der Waals surface area contributed by atoms with Gasteiger partial charge in [-0.15, -0.1) is 0 Å². The Morgan fingerprint density at radius 1 is 0.583 bits per heavy atom. The Bertz CT molecular complexity index is 79.0. The number of hydrogen-bond acceptors (Lipinski definition) is 6. The first kappa shape index (κ1) is 22.5. The summed E-state index contributed by atoms with van der Waals surface area (Å²) in [6.45, 7) is 0. The maximum atomic E-state index is 10.0. The Morgan fingerprint density at radius 3 is 0.917 bits per heavy atom. The largest absolute Gasteiger partial charge is 1.00 e. The van der Waals surface area contributed by atoms with E-state index in [4.69, 9.17) is 0 Å². The van der Waals surface area contributed by atoms with Crippen LogP contribution < -0.4 is 190 Å². The predicted octanol–water partition coefficient (Wildman–Crippen LogP) is -13.9. The van der Waals surface area contributed by atoms with Crippen LogP contribution >= 0.6 is 0 Å². The van der Waals surface area contributed by atoms with E-state index < -0.39 is 22.0 Å². The van der Waals surface area contributed by atoms with Crippen LogP contribution in [0.5, 0.6) is 0 Å². The quantitative estimate of drug-likeness (QED) is 0.385. The van der Waals surface area contributed by atoms with Crippen LogP contribution in [0.2, 0.25) is 0 Å². The maximum absolute atomic E-state index is 10.0. The van der Waals surface area contributed by atoms with E-state index >= 15 is 0 Å². The fraction of sp³-hybridized carbons (Fsp3) is 0. The molecular formula is B3O6Rb3. The molecule has 0 aromatic heterocycles. The Balaban J connectivity index is -0.000000270. The molecule has 1 rings (SSSR count). The van der Waals surface area contributed by atoms with Gasteiger partial charge < -0.3 is 28.8 Å². The minimum atomic E-state index is -2.01. The Morgan fingerprint density at radius 2 is 0.750 bits per heavy atom. The molecule has 1 saturated heterocycles. The summed E-state index contributed by atoms with van der Waals surface area (Å²) >= 11 is 0. The molecule has 0 saturated carbocycles. The van der Waals surface area contributed by atoms with Crippen LogP contribution in [0.1, 0.15) is 0 Å². The summed E-state index contributed by atoms with van der Waals surface area (Å²) in [6.07, 6.45) is 0. The second-order valence-corrected chi connectivity index (χ2v) is 1.27. The van der Waals surface area contributed by atoms with Crippen molar-refractivity contribution in [1.29, 1.82) is 0 Å². The van der Waals surface area contributed by atoms with Gasteiger partial charge in [-0.25, -0.2) is 0 Å². The molecule has 48 valence electrons. The molecule has 1 aliphatic heterocycles. The van der Waals surface area contributed by atoms with E-state index in [9.17, 15) is 15.1 Å². The van der Waals surface area contributed by atoms with Crippen molar-refractivity contribution in [3.05, 3.63) is 0 Å². The molecule has 0 spiro atoms. The van der Waals surface area contributed by atoms with Crippen LogP contribution in [0, 0.1) is 0 Å². The van der Waals surface area contributed by atoms with Crippen molar-refractivity contribution in [2.24, 2.45) is 0 Å². The van der Waals surface area contributed by atoms with Gasteiger partial charge in [0.25, 0.3) is 0 Å². The van der Waals surface area contributed by atoms with Gasteiger partial charge in [0.2, 0.25) is 0 Å². The maximum Gasteiger partial charge on any atom is 1.00 e. The molecule has 12 heavy (non-hydrogen) atoms. The Labute approximate surface area is 218 Å². The number of hydrogen-bond donors (Lipinski definition) is 0. The molecule has 1 heterocycles. The predicted molar refractivity (Wildman–Crippen MR) is 20.5 cm³/mol. The van der Waals surface area contributed by atoms with Crippen LogP contribution in [0.4, 0.5) is 0 Å². The molecule has 0 aromatic carbocycles. The molecule has 0 amide bonds. The van der Waals surface area contributed by atoms with Gasteiger partial charge in [0, 0.05) is 0 Å². The van der Waals surface area contributed by atoms with Gasteiger partial charge in [-0.05, 0) is 0 Å². The monoisotopic (exact) mass is 384 g/mol. The summed E-state index contributed by atoms with van der Waals surface area (Å²) in [7, 11) is -6.03. The van der Waals surface area contributed by atoms with Crippen molar-refractivity contribution in [2.75, 3.05) is 0 Å². The smallest absolute Gasteiger partial charge is 0.833 e. The summed E-state index contributed by atoms with van der Waals surface area (Å²) in [5.41, 5.74) is 0. The third-order valence-corrected chi connectivity index (χ3v) is 0.667. The van der Waals surface area contributed by atoms with E-state index in [1.54, 1.807) is 0 Å². The second kappa shape index (κ2) is 12.8. The summed E-state index contributed by atoms with van der Waals surface area (Å²) in [5, 5.41) is 30.1. The Hall–Kier alpha value is 5.37. The molecule has 0 aliphatic carbocycles. The zero-order valence-electron chi connectivity index (χ0n) is 7.18. The van der Waals surface area contributed by atoms with Crippen molar-refractivity contribution < 1.29 is 203 Å². The van der Waals surface area contributed by atoms with Crippen molar-refractivity contribution in [3.8, 4) is 0 Å². The molecule has 12 heteroatoms. The zero-order chi connectivity index (χ0) is 6.85. The molecule has 0 atom stereocenters. The van der Waals surface area contributed by atoms with Crippen LogP contribution in [0.3, 0.4) is 0 Å². The molecule has 1 fully saturated rings. The minimum Gasteiger partial charge on any atom is -0.833 e. The molecular weight excluding hydrogens is 385 g/mol. The normalized spacial score (nSPS) is 15.8. The van der Waals surface area contributed by atoms with Crippen LogP contribution in [-0.4, -0.2) is 22.0 Å². The van der Waals surface area contributed by atoms with Crippen molar-refractivity contribution in [2.45, 2.75) is 0 Å². The fourth-order valence-electron chi connectivity index (χ4n) is 0.368. The van der Waals surface area contributed by atoms with Gasteiger partial charge in [0.15, 0.2) is 0 Å². The Kier molecular flexibility index (Phi) is 24.1. The van der Waals surface area contributed by atoms with Crippen molar-refractivity contribution in [1.82, 2.24) is 0 Å². The van der Waals surface area contributed by atoms with Gasteiger partial charge in [-0.3, -0.25) is 0 Å². The average molecular weight is 385 g/mol. The van der Waals surface area contributed by atoms with Gasteiger partial charge in [-0.2, -0.15) is 0 Å². The van der Waals surface area contributed by atoms with E-state index in [2.05, 4.69) is 13.7 Å². The van der Waals surface area contributed by atoms with E-state index in [0.717, 1.165) is 0 Å². The molecule has 6 nitrogen and oxygen atoms in total. The average Bonchev–Trinajstić information content (AvgIpc) is 1.59. The van der Waals surface area contributed by atoms with E-state index in [-0.39, 0.29) is 175 Å². The summed E-state index contributed by atoms with van der Waals surface area (Å²) in [5.74, 6) is 0. The van der Waals surface area contributed by atoms with Gasteiger partial charge in [0.05, 0.1) is 0 Å². The standard InChI is InChI=1S/B3O6.3Rb/c4-1-7-2(5)9-3(6)8-1;;;/q-3;3*+1. The van der Waals surface area contributed by atoms with Crippen LogP contribution in [0.25, 0.3) is 0 Å². The third-order valence-electron chi connectivity index (χ3n) is 0.667. The van der Waals surface area contributed by atoms with E-state index in [0.29, 0.717) is 0 Å². The summed E-state index contributed by atoms with van der Waals surface area (Å²) in [4.78, 5) is 0. The van der Waals surface area contributed by atoms with Gasteiger partial charge in [-0.1, -0.05) is 0 Å². The fourth-order valence-corrected chi connectivity index (χ4v) is 0.368. The SMILES string of the molecule is [O-]B1OB([O-])OB([O-])O1.[Rb+].[Rb+].[Rb+]. The van der Waals surface area contributed by atoms with E-state index in [1.165, 1.54) is 0 Å². The minimum absolute atomic E-state index is 0. The first-order valence-electron chi connectivity index (χ1n) is 2.12. The number of rotatable bonds is 0. The zero-order valence-corrected chi connectivity index (χ0v) is 21.9. The topological polar surface area (TPSA) is 96.9 Å². The van der Waals surface area contributed by atoms with Crippen molar-refractivity contribution >= 4 is 22.0 Å². The molecule has 0 bridgehead atoms. The summed E-state index contributed by atoms with van der Waals surface area (Å²) in [6, 6.07) is 0. The summed E-state index contributed by atoms with van der Waals surface area (Å²) < 4.78 is 11.4. The van der Waals surface area contributed by atoms with Crippen LogP contribution in [-0.2, 0) is 13.7 Å². The molecule has 0 N–H and O–H groups in total. The molecule has 0 unspecified atom stereocenters. The first-order chi connectivity index (χ1) is 4.18. The third kappa shape index (κ3) is 10.5. The molecule has 0 aromatic rings. The second-order valence-electron chi connectivity index (χ2n) is 1.27. The van der Waals surface area contributed by atoms with Gasteiger partial charge in [0.1, 0.15) is 0 Å². The van der Waals surface area contributed by atoms with Crippen molar-refractivity contribution in [3.63, 3.8) is 0 Å². The van der Waals surface area contributed by atoms with E-state index in [1.807, 2.05) is 0 Å². The van der Waals surface area contributed by atoms with Gasteiger partial charge >= 0.3 is 197 Å². The molecule has 0 radical (unpaired) electrons. The van der Waals surface area contributed by atoms with Crippen LogP contribution in [0.15, 0.2) is 0 Å². The first-order valence-corrected chi connectivity index (χ1v) is 2.12. The molecule has 1 aliphatic rings.